The van der Waals surface area contributed by atoms with Gasteiger partial charge in [-0.25, -0.2) is 0 Å². The van der Waals surface area contributed by atoms with Crippen molar-refractivity contribution in [2.75, 3.05) is 19.7 Å². The lowest BCUT2D eigenvalue weighted by atomic mass is 9.92. The van der Waals surface area contributed by atoms with E-state index in [4.69, 9.17) is 18.9 Å². The van der Waals surface area contributed by atoms with Crippen LogP contribution in [0, 0.1) is 0 Å². The molecule has 4 atom stereocenters. The van der Waals surface area contributed by atoms with E-state index < -0.39 is 30.1 Å². The van der Waals surface area contributed by atoms with Gasteiger partial charge in [-0.05, 0) is 40.3 Å². The first-order chi connectivity index (χ1) is 24.9. The van der Waals surface area contributed by atoms with Crippen molar-refractivity contribution in [1.29, 1.82) is 0 Å². The molecule has 266 valence electrons. The van der Waals surface area contributed by atoms with Crippen LogP contribution in [0.4, 0.5) is 13.2 Å². The Morgan fingerprint density at radius 2 is 1.00 bits per heavy atom. The Hall–Kier alpha value is -4.31. The summed E-state index contributed by atoms with van der Waals surface area (Å²) in [5, 5.41) is 0. The number of halogens is 3. The van der Waals surface area contributed by atoms with Crippen molar-refractivity contribution in [1.82, 2.24) is 4.90 Å². The fraction of sp³-hybridized carbons (Fsp3) is 0.302. The van der Waals surface area contributed by atoms with E-state index in [-0.39, 0.29) is 6.04 Å². The van der Waals surface area contributed by atoms with Gasteiger partial charge in [0.05, 0.1) is 50.7 Å². The highest BCUT2D eigenvalue weighted by Gasteiger charge is 2.46. The van der Waals surface area contributed by atoms with Gasteiger partial charge >= 0.3 is 6.18 Å². The normalized spacial score (nSPS) is 19.6. The number of rotatable bonds is 16. The summed E-state index contributed by atoms with van der Waals surface area (Å²) in [6.07, 6.45) is -5.36. The Kier molecular flexibility index (Phi) is 13.1. The molecule has 0 N–H and O–H groups in total. The van der Waals surface area contributed by atoms with E-state index in [1.165, 1.54) is 12.1 Å². The van der Waals surface area contributed by atoms with Crippen LogP contribution in [0.2, 0.25) is 0 Å². The molecule has 1 fully saturated rings. The maximum atomic E-state index is 13.6. The molecule has 1 heterocycles. The molecule has 1 aliphatic rings. The zero-order valence-corrected chi connectivity index (χ0v) is 28.5. The van der Waals surface area contributed by atoms with Gasteiger partial charge in [0.15, 0.2) is 0 Å². The van der Waals surface area contributed by atoms with Crippen molar-refractivity contribution in [3.05, 3.63) is 179 Å². The molecule has 0 spiro atoms. The number of benzene rings is 5. The second kappa shape index (κ2) is 18.3. The van der Waals surface area contributed by atoms with Crippen LogP contribution in [0.15, 0.2) is 146 Å². The molecule has 0 aliphatic carbocycles. The maximum absolute atomic E-state index is 13.6. The van der Waals surface area contributed by atoms with Crippen molar-refractivity contribution < 1.29 is 32.1 Å². The molecule has 0 amide bonds. The number of nitrogens with zero attached hydrogens (tertiary/aromatic N) is 1. The summed E-state index contributed by atoms with van der Waals surface area (Å²) in [6.45, 7) is 2.78. The van der Waals surface area contributed by atoms with Crippen molar-refractivity contribution in [3.8, 4) is 0 Å². The lowest BCUT2D eigenvalue weighted by Gasteiger charge is -2.48. The first-order valence-corrected chi connectivity index (χ1v) is 17.4. The molecule has 1 saturated heterocycles. The third-order valence-corrected chi connectivity index (χ3v) is 9.17. The SMILES string of the molecule is FC(F)(F)c1cccc(CCN2C[C@H](OCc3ccccc3)[C@@H](OCc3ccccc3)[C@H](OCc3ccccc3)[C@H]2COCc2ccccc2)c1. The van der Waals surface area contributed by atoms with Crippen molar-refractivity contribution in [3.63, 3.8) is 0 Å². The van der Waals surface area contributed by atoms with E-state index in [2.05, 4.69) is 4.90 Å². The Labute approximate surface area is 298 Å². The minimum atomic E-state index is -4.41. The fourth-order valence-electron chi connectivity index (χ4n) is 6.48. The van der Waals surface area contributed by atoms with Crippen LogP contribution in [0.5, 0.6) is 0 Å². The van der Waals surface area contributed by atoms with Crippen molar-refractivity contribution in [2.45, 2.75) is 63.4 Å². The highest BCUT2D eigenvalue weighted by atomic mass is 19.4. The lowest BCUT2D eigenvalue weighted by molar-refractivity contribution is -0.210. The van der Waals surface area contributed by atoms with Gasteiger partial charge in [0, 0.05) is 13.1 Å². The molecule has 0 bridgehead atoms. The third-order valence-electron chi connectivity index (χ3n) is 9.17. The summed E-state index contributed by atoms with van der Waals surface area (Å²) in [7, 11) is 0. The van der Waals surface area contributed by atoms with E-state index in [1.807, 2.05) is 121 Å². The number of hydrogen-bond acceptors (Lipinski definition) is 5. The van der Waals surface area contributed by atoms with Crippen molar-refractivity contribution >= 4 is 0 Å². The standard InChI is InChI=1S/C43H44F3NO4/c44-43(45,46)38-23-13-22-33(26-38)24-25-47-27-40(49-29-35-16-7-2-8-17-35)42(51-31-37-20-11-4-12-21-37)41(50-30-36-18-9-3-10-19-36)39(47)32-48-28-34-14-5-1-6-15-34/h1-23,26,39-42H,24-25,27-32H2/t39-,40+,41-,42-/m1/s1. The van der Waals surface area contributed by atoms with Gasteiger partial charge < -0.3 is 18.9 Å². The van der Waals surface area contributed by atoms with Gasteiger partial charge in [-0.2, -0.15) is 13.2 Å². The highest BCUT2D eigenvalue weighted by Crippen LogP contribution is 2.32. The zero-order chi connectivity index (χ0) is 35.3. The van der Waals surface area contributed by atoms with Crippen LogP contribution in [0.25, 0.3) is 0 Å². The van der Waals surface area contributed by atoms with Crippen molar-refractivity contribution in [2.24, 2.45) is 0 Å². The summed E-state index contributed by atoms with van der Waals surface area (Å²) in [6, 6.07) is 45.3. The van der Waals surface area contributed by atoms with Gasteiger partial charge in [-0.3, -0.25) is 4.90 Å². The minimum absolute atomic E-state index is 0.277. The summed E-state index contributed by atoms with van der Waals surface area (Å²) in [4.78, 5) is 2.25. The van der Waals surface area contributed by atoms with Gasteiger partial charge in [0.1, 0.15) is 12.2 Å². The van der Waals surface area contributed by atoms with E-state index in [0.29, 0.717) is 58.1 Å². The Bertz CT molecular complexity index is 1720. The van der Waals surface area contributed by atoms with Gasteiger partial charge in [0.25, 0.3) is 0 Å². The average molecular weight is 696 g/mol. The quantitative estimate of drug-likeness (QED) is 0.103. The Morgan fingerprint density at radius 1 is 0.529 bits per heavy atom. The molecule has 1 aliphatic heterocycles. The second-order valence-corrected chi connectivity index (χ2v) is 12.9. The number of likely N-dealkylation sites (tertiary alicyclic amines) is 1. The molecule has 6 rings (SSSR count). The van der Waals surface area contributed by atoms with Crippen LogP contribution in [-0.4, -0.2) is 49.0 Å². The molecule has 5 aromatic carbocycles. The van der Waals surface area contributed by atoms with E-state index in [1.54, 1.807) is 6.07 Å². The number of hydrogen-bond donors (Lipinski definition) is 0. The lowest BCUT2D eigenvalue weighted by Crippen LogP contribution is -2.64. The highest BCUT2D eigenvalue weighted by molar-refractivity contribution is 5.26. The molecule has 8 heteroatoms. The van der Waals surface area contributed by atoms with Crippen LogP contribution in [0.3, 0.4) is 0 Å². The van der Waals surface area contributed by atoms with E-state index in [9.17, 15) is 13.2 Å². The fourth-order valence-corrected chi connectivity index (χ4v) is 6.48. The molecular weight excluding hydrogens is 651 g/mol. The maximum Gasteiger partial charge on any atom is 0.416 e. The smallest absolute Gasteiger partial charge is 0.375 e. The second-order valence-electron chi connectivity index (χ2n) is 12.9. The predicted molar refractivity (Wildman–Crippen MR) is 192 cm³/mol. The third kappa shape index (κ3) is 10.8. The molecule has 0 saturated carbocycles. The summed E-state index contributed by atoms with van der Waals surface area (Å²) < 4.78 is 67.6. The summed E-state index contributed by atoms with van der Waals surface area (Å²) >= 11 is 0. The first-order valence-electron chi connectivity index (χ1n) is 17.4. The van der Waals surface area contributed by atoms with E-state index in [0.717, 1.165) is 28.3 Å². The monoisotopic (exact) mass is 695 g/mol. The van der Waals surface area contributed by atoms with E-state index >= 15 is 0 Å². The first kappa shape index (κ1) is 36.5. The van der Waals surface area contributed by atoms with Gasteiger partial charge in [0.2, 0.25) is 0 Å². The molecule has 5 nitrogen and oxygen atoms in total. The number of piperidine rings is 1. The molecule has 5 aromatic rings. The summed E-state index contributed by atoms with van der Waals surface area (Å²) in [5.74, 6) is 0. The number of alkyl halides is 3. The van der Waals surface area contributed by atoms with Gasteiger partial charge in [-0.15, -0.1) is 0 Å². The molecule has 51 heavy (non-hydrogen) atoms. The predicted octanol–water partition coefficient (Wildman–Crippen LogP) is 8.91. The largest absolute Gasteiger partial charge is 0.416 e. The van der Waals surface area contributed by atoms with Crippen LogP contribution in [-0.2, 0) is 58.0 Å². The summed E-state index contributed by atoms with van der Waals surface area (Å²) in [5.41, 5.74) is 4.09. The molecule has 0 radical (unpaired) electrons. The topological polar surface area (TPSA) is 40.2 Å². The molecular formula is C43H44F3NO4. The van der Waals surface area contributed by atoms with Crippen LogP contribution >= 0.6 is 0 Å². The Morgan fingerprint density at radius 3 is 1.53 bits per heavy atom. The minimum Gasteiger partial charge on any atom is -0.375 e. The molecule has 0 aromatic heterocycles. The van der Waals surface area contributed by atoms with Crippen LogP contribution < -0.4 is 0 Å². The van der Waals surface area contributed by atoms with Gasteiger partial charge in [-0.1, -0.05) is 140 Å². The van der Waals surface area contributed by atoms with Crippen LogP contribution in [0.1, 0.15) is 33.4 Å². The zero-order valence-electron chi connectivity index (χ0n) is 28.5. The average Bonchev–Trinajstić information content (AvgIpc) is 3.16. The molecule has 0 unspecified atom stereocenters. The number of ether oxygens (including phenoxy) is 4. The Balaban J connectivity index is 1.31.